The number of Topliss-reactive ketones (excluding diaryl/α,β-unsaturated/α-hetero) is 2. The fourth-order valence-corrected chi connectivity index (χ4v) is 6.96. The van der Waals surface area contributed by atoms with Gasteiger partial charge in [0.25, 0.3) is 0 Å². The molecule has 26 heavy (non-hydrogen) atoms. The van der Waals surface area contributed by atoms with Crippen LogP contribution in [0.4, 0.5) is 0 Å². The summed E-state index contributed by atoms with van der Waals surface area (Å²) in [6, 6.07) is 15.7. The molecule has 0 saturated heterocycles. The summed E-state index contributed by atoms with van der Waals surface area (Å²) < 4.78 is 2.63. The van der Waals surface area contributed by atoms with Crippen LogP contribution in [0.25, 0.3) is 0 Å². The fraction of sp³-hybridized carbons (Fsp3) is 0.100. The van der Waals surface area contributed by atoms with Crippen molar-refractivity contribution in [3.05, 3.63) is 78.7 Å². The van der Waals surface area contributed by atoms with E-state index in [9.17, 15) is 9.59 Å². The van der Waals surface area contributed by atoms with Gasteiger partial charge in [-0.2, -0.15) is 0 Å². The number of benzene rings is 2. The van der Waals surface area contributed by atoms with Gasteiger partial charge >= 0.3 is 176 Å². The van der Waals surface area contributed by atoms with Gasteiger partial charge in [0, 0.05) is 0 Å². The number of halogens is 2. The second kappa shape index (κ2) is 8.27. The van der Waals surface area contributed by atoms with E-state index in [1.54, 1.807) is 0 Å². The molecule has 132 valence electrons. The summed E-state index contributed by atoms with van der Waals surface area (Å²) in [5.41, 5.74) is 2.27. The van der Waals surface area contributed by atoms with E-state index in [1.165, 1.54) is 0 Å². The average molecular weight is 515 g/mol. The second-order valence-electron chi connectivity index (χ2n) is 5.77. The van der Waals surface area contributed by atoms with Crippen LogP contribution >= 0.6 is 23.2 Å². The van der Waals surface area contributed by atoms with E-state index in [0.29, 0.717) is 8.94 Å². The number of rotatable bonds is 4. The molecule has 1 aliphatic carbocycles. The van der Waals surface area contributed by atoms with E-state index in [0.717, 1.165) is 20.1 Å². The van der Waals surface area contributed by atoms with Crippen LogP contribution in [-0.2, 0) is 9.59 Å². The summed E-state index contributed by atoms with van der Waals surface area (Å²) in [7, 11) is 0. The van der Waals surface area contributed by atoms with Crippen molar-refractivity contribution in [2.45, 2.75) is 13.8 Å². The minimum atomic E-state index is -0.361. The fourth-order valence-electron chi connectivity index (χ4n) is 2.24. The molecular weight excluding hydrogens is 501 g/mol. The van der Waals surface area contributed by atoms with Crippen LogP contribution in [0.5, 0.6) is 0 Å². The van der Waals surface area contributed by atoms with Gasteiger partial charge in [-0.25, -0.2) is 0 Å². The van der Waals surface area contributed by atoms with Gasteiger partial charge in [-0.05, 0) is 0 Å². The Morgan fingerprint density at radius 1 is 0.615 bits per heavy atom. The standard InChI is InChI=1S/C20H14Cl2O2Se2/c1-11-3-7-13(8-4-11)25-19-15(21)18(24)20(16(22)17(19)23)26-14-9-5-12(2)6-10-14/h3-10H,1-2H3. The first kappa shape index (κ1) is 19.6. The monoisotopic (exact) mass is 516 g/mol. The molecule has 0 fully saturated rings. The van der Waals surface area contributed by atoms with E-state index in [2.05, 4.69) is 0 Å². The van der Waals surface area contributed by atoms with Gasteiger partial charge in [-0.3, -0.25) is 0 Å². The molecule has 0 bridgehead atoms. The second-order valence-corrected chi connectivity index (χ2v) is 11.1. The summed E-state index contributed by atoms with van der Waals surface area (Å²) >= 11 is 11.9. The normalized spacial score (nSPS) is 15.1. The Morgan fingerprint density at radius 3 is 1.23 bits per heavy atom. The van der Waals surface area contributed by atoms with Gasteiger partial charge < -0.3 is 0 Å². The average Bonchev–Trinajstić information content (AvgIpc) is 2.64. The van der Waals surface area contributed by atoms with E-state index < -0.39 is 0 Å². The van der Waals surface area contributed by atoms with Crippen LogP contribution < -0.4 is 8.92 Å². The predicted molar refractivity (Wildman–Crippen MR) is 109 cm³/mol. The number of allylic oxidation sites excluding steroid dienone is 4. The Kier molecular flexibility index (Phi) is 6.24. The molecule has 0 heterocycles. The van der Waals surface area contributed by atoms with E-state index in [4.69, 9.17) is 23.2 Å². The van der Waals surface area contributed by atoms with Crippen LogP contribution in [0.1, 0.15) is 11.1 Å². The van der Waals surface area contributed by atoms with Gasteiger partial charge in [-0.1, -0.05) is 0 Å². The SMILES string of the molecule is Cc1ccc([Se]C2=C(Cl)C(=O)C([Se]c3ccc(C)cc3)=C(Cl)C2=O)cc1. The molecule has 0 saturated carbocycles. The van der Waals surface area contributed by atoms with Crippen molar-refractivity contribution in [1.82, 2.24) is 0 Å². The molecule has 0 aromatic heterocycles. The molecule has 2 nitrogen and oxygen atoms in total. The molecule has 0 unspecified atom stereocenters. The van der Waals surface area contributed by atoms with Crippen molar-refractivity contribution in [2.75, 3.05) is 0 Å². The summed E-state index contributed by atoms with van der Waals surface area (Å²) in [5, 5.41) is 0.0351. The zero-order chi connectivity index (χ0) is 18.8. The predicted octanol–water partition coefficient (Wildman–Crippen LogP) is 2.72. The van der Waals surface area contributed by atoms with Gasteiger partial charge in [0.05, 0.1) is 0 Å². The van der Waals surface area contributed by atoms with Crippen LogP contribution in [0.2, 0.25) is 0 Å². The van der Waals surface area contributed by atoms with Gasteiger partial charge in [-0.15, -0.1) is 0 Å². The summed E-state index contributed by atoms with van der Waals surface area (Å²) in [6.45, 7) is 3.99. The first-order valence-corrected chi connectivity index (χ1v) is 11.9. The zero-order valence-electron chi connectivity index (χ0n) is 14.0. The van der Waals surface area contributed by atoms with Crippen molar-refractivity contribution in [1.29, 1.82) is 0 Å². The number of carbonyl (C=O) groups is 2. The van der Waals surface area contributed by atoms with Gasteiger partial charge in [0.1, 0.15) is 0 Å². The van der Waals surface area contributed by atoms with Crippen molar-refractivity contribution in [3.8, 4) is 0 Å². The number of hydrogen-bond acceptors (Lipinski definition) is 2. The minimum absolute atomic E-state index is 0.0176. The third kappa shape index (κ3) is 4.23. The Hall–Kier alpha value is -1.12. The number of aryl methyl sites for hydroxylation is 2. The van der Waals surface area contributed by atoms with Crippen LogP contribution in [0.15, 0.2) is 67.5 Å². The summed E-state index contributed by atoms with van der Waals surface area (Å²) in [5.74, 6) is -0.637. The number of carbonyl (C=O) groups excluding carboxylic acids is 2. The summed E-state index contributed by atoms with van der Waals surface area (Å²) in [4.78, 5) is 25.5. The van der Waals surface area contributed by atoms with E-state index in [1.807, 2.05) is 62.4 Å². The molecule has 2 aromatic carbocycles. The van der Waals surface area contributed by atoms with Crippen molar-refractivity contribution in [3.63, 3.8) is 0 Å². The topological polar surface area (TPSA) is 34.1 Å². The first-order valence-electron chi connectivity index (χ1n) is 7.75. The van der Waals surface area contributed by atoms with Crippen LogP contribution in [0, 0.1) is 13.8 Å². The maximum absolute atomic E-state index is 12.7. The zero-order valence-corrected chi connectivity index (χ0v) is 18.9. The molecule has 0 amide bonds. The first-order chi connectivity index (χ1) is 12.4. The molecule has 0 N–H and O–H groups in total. The van der Waals surface area contributed by atoms with Gasteiger partial charge in [0.15, 0.2) is 0 Å². The van der Waals surface area contributed by atoms with Crippen LogP contribution in [-0.4, -0.2) is 41.5 Å². The molecule has 6 heteroatoms. The van der Waals surface area contributed by atoms with E-state index in [-0.39, 0.29) is 51.5 Å². The van der Waals surface area contributed by atoms with Crippen molar-refractivity contribution >= 4 is 73.6 Å². The van der Waals surface area contributed by atoms with Crippen molar-refractivity contribution < 1.29 is 9.59 Å². The molecule has 0 radical (unpaired) electrons. The Morgan fingerprint density at radius 2 is 0.923 bits per heavy atom. The van der Waals surface area contributed by atoms with E-state index >= 15 is 0 Å². The quantitative estimate of drug-likeness (QED) is 0.464. The maximum atomic E-state index is 12.7. The molecule has 0 aliphatic heterocycles. The molecular formula is C20H14Cl2O2Se2. The van der Waals surface area contributed by atoms with Crippen LogP contribution in [0.3, 0.4) is 0 Å². The van der Waals surface area contributed by atoms with Gasteiger partial charge in [0.2, 0.25) is 0 Å². The number of ketones is 2. The Labute approximate surface area is 175 Å². The molecule has 3 rings (SSSR count). The summed E-state index contributed by atoms with van der Waals surface area (Å²) in [6.07, 6.45) is 0. The molecule has 0 spiro atoms. The molecule has 1 aliphatic rings. The third-order valence-electron chi connectivity index (χ3n) is 3.69. The Bertz CT molecular complexity index is 863. The Balaban J connectivity index is 1.88. The molecule has 2 aromatic rings. The molecule has 0 atom stereocenters. The number of hydrogen-bond donors (Lipinski definition) is 0. The third-order valence-corrected chi connectivity index (χ3v) is 9.54. The van der Waals surface area contributed by atoms with Crippen molar-refractivity contribution in [2.24, 2.45) is 0 Å².